The van der Waals surface area contributed by atoms with Crippen molar-refractivity contribution in [2.24, 2.45) is 4.99 Å². The van der Waals surface area contributed by atoms with Crippen LogP contribution >= 0.6 is 0 Å². The van der Waals surface area contributed by atoms with E-state index in [4.69, 9.17) is 23.7 Å². The Bertz CT molecular complexity index is 1380. The Morgan fingerprint density at radius 2 is 1.36 bits per heavy atom. The molecule has 9 atom stereocenters. The molecule has 0 radical (unpaired) electrons. The largest absolute Gasteiger partial charge is 0.457 e. The maximum Gasteiger partial charge on any atom is 0.287 e. The number of ether oxygens (including phenoxy) is 5. The Morgan fingerprint density at radius 1 is 0.800 bits per heavy atom. The SMILES string of the molecule is OC[C@]1(O)[C@@H]2N=C(N[C@H]3O[C@H](COCc4ccccc4)[C@@H](OCc4ccccc4)C[C@H]3OCc3ccccc3)O[C@@H]2[C@@H](O)[C@@H]1O. The normalized spacial score (nSPS) is 32.5. The molecule has 11 heteroatoms. The van der Waals surface area contributed by atoms with Crippen LogP contribution in [0.15, 0.2) is 96.0 Å². The van der Waals surface area contributed by atoms with Gasteiger partial charge in [0, 0.05) is 6.42 Å². The zero-order valence-corrected chi connectivity index (χ0v) is 24.8. The van der Waals surface area contributed by atoms with E-state index in [2.05, 4.69) is 10.3 Å². The number of nitrogens with zero attached hydrogens (tertiary/aromatic N) is 1. The summed E-state index contributed by atoms with van der Waals surface area (Å²) < 4.78 is 31.3. The molecule has 0 spiro atoms. The summed E-state index contributed by atoms with van der Waals surface area (Å²) in [5, 5.41) is 44.6. The van der Waals surface area contributed by atoms with E-state index in [0.717, 1.165) is 16.7 Å². The minimum atomic E-state index is -2.05. The fourth-order valence-corrected chi connectivity index (χ4v) is 6.00. The van der Waals surface area contributed by atoms with Crippen molar-refractivity contribution < 1.29 is 44.1 Å². The second kappa shape index (κ2) is 14.4. The van der Waals surface area contributed by atoms with Gasteiger partial charge in [-0.1, -0.05) is 91.0 Å². The lowest BCUT2D eigenvalue weighted by atomic mass is 9.97. The number of aliphatic hydroxyl groups is 4. The highest BCUT2D eigenvalue weighted by Crippen LogP contribution is 2.38. The van der Waals surface area contributed by atoms with Crippen LogP contribution in [0.5, 0.6) is 0 Å². The lowest BCUT2D eigenvalue weighted by Crippen LogP contribution is -2.57. The Kier molecular flexibility index (Phi) is 10.1. The van der Waals surface area contributed by atoms with Crippen molar-refractivity contribution in [1.82, 2.24) is 5.32 Å². The smallest absolute Gasteiger partial charge is 0.287 e. The minimum Gasteiger partial charge on any atom is -0.457 e. The molecular formula is C34H40N2O9. The topological polar surface area (TPSA) is 151 Å². The number of amidine groups is 1. The fraction of sp³-hybridized carbons (Fsp3) is 0.441. The van der Waals surface area contributed by atoms with Crippen molar-refractivity contribution in [3.05, 3.63) is 108 Å². The highest BCUT2D eigenvalue weighted by molar-refractivity contribution is 5.76. The first-order valence-corrected chi connectivity index (χ1v) is 15.2. The van der Waals surface area contributed by atoms with E-state index >= 15 is 0 Å². The van der Waals surface area contributed by atoms with Gasteiger partial charge < -0.3 is 49.4 Å². The second-order valence-corrected chi connectivity index (χ2v) is 11.7. The molecule has 2 aliphatic heterocycles. The summed E-state index contributed by atoms with van der Waals surface area (Å²) in [5.74, 6) is 0. The van der Waals surface area contributed by atoms with Gasteiger partial charge >= 0.3 is 0 Å². The van der Waals surface area contributed by atoms with Crippen LogP contribution in [0.2, 0.25) is 0 Å². The van der Waals surface area contributed by atoms with Crippen molar-refractivity contribution >= 4 is 6.02 Å². The molecule has 3 aromatic carbocycles. The number of benzene rings is 3. The maximum atomic E-state index is 10.9. The highest BCUT2D eigenvalue weighted by Gasteiger charge is 2.63. The molecule has 6 rings (SSSR count). The van der Waals surface area contributed by atoms with Crippen molar-refractivity contribution in [3.63, 3.8) is 0 Å². The summed E-state index contributed by atoms with van der Waals surface area (Å²) in [5.41, 5.74) is 1.00. The molecule has 1 saturated carbocycles. The van der Waals surface area contributed by atoms with Crippen LogP contribution in [0.25, 0.3) is 0 Å². The van der Waals surface area contributed by atoms with Crippen molar-refractivity contribution in [3.8, 4) is 0 Å². The van der Waals surface area contributed by atoms with Crippen molar-refractivity contribution in [2.45, 2.75) is 80.7 Å². The molecule has 2 fully saturated rings. The van der Waals surface area contributed by atoms with Crippen LogP contribution in [-0.2, 0) is 43.5 Å². The Hall–Kier alpha value is -3.39. The van der Waals surface area contributed by atoms with Gasteiger partial charge in [0.1, 0.15) is 36.1 Å². The van der Waals surface area contributed by atoms with Gasteiger partial charge in [-0.25, -0.2) is 4.99 Å². The third-order valence-electron chi connectivity index (χ3n) is 8.56. The molecule has 3 aliphatic rings. The van der Waals surface area contributed by atoms with Gasteiger partial charge in [0.15, 0.2) is 12.3 Å². The zero-order chi connectivity index (χ0) is 31.2. The van der Waals surface area contributed by atoms with E-state index < -0.39 is 55.0 Å². The predicted molar refractivity (Wildman–Crippen MR) is 163 cm³/mol. The number of rotatable bonds is 12. The van der Waals surface area contributed by atoms with Crippen LogP contribution in [-0.4, -0.2) is 94.2 Å². The van der Waals surface area contributed by atoms with Gasteiger partial charge in [-0.05, 0) is 16.7 Å². The van der Waals surface area contributed by atoms with E-state index in [1.165, 1.54) is 0 Å². The number of hydrogen-bond donors (Lipinski definition) is 5. The number of aliphatic imine (C=N–C) groups is 1. The van der Waals surface area contributed by atoms with Gasteiger partial charge in [-0.3, -0.25) is 0 Å². The summed E-state index contributed by atoms with van der Waals surface area (Å²) in [6.45, 7) is 0.549. The molecule has 2 heterocycles. The quantitative estimate of drug-likeness (QED) is 0.202. The summed E-state index contributed by atoms with van der Waals surface area (Å²) >= 11 is 0. The first kappa shape index (κ1) is 31.6. The molecule has 0 aromatic heterocycles. The Labute approximate surface area is 262 Å². The first-order valence-electron chi connectivity index (χ1n) is 15.2. The Morgan fingerprint density at radius 3 is 1.93 bits per heavy atom. The molecule has 3 aromatic rings. The molecule has 5 N–H and O–H groups in total. The van der Waals surface area contributed by atoms with Crippen molar-refractivity contribution in [2.75, 3.05) is 13.2 Å². The summed E-state index contributed by atoms with van der Waals surface area (Å²) in [6, 6.07) is 28.5. The van der Waals surface area contributed by atoms with Crippen LogP contribution in [0.4, 0.5) is 0 Å². The second-order valence-electron chi connectivity index (χ2n) is 11.7. The number of aliphatic hydroxyl groups excluding tert-OH is 3. The van der Waals surface area contributed by atoms with Crippen LogP contribution < -0.4 is 5.32 Å². The van der Waals surface area contributed by atoms with E-state index in [0.29, 0.717) is 26.2 Å². The fourth-order valence-electron chi connectivity index (χ4n) is 6.00. The number of hydrogen-bond acceptors (Lipinski definition) is 11. The minimum absolute atomic E-state index is 0.00810. The molecule has 45 heavy (non-hydrogen) atoms. The summed E-state index contributed by atoms with van der Waals surface area (Å²) in [6.07, 6.45) is -5.78. The van der Waals surface area contributed by atoms with Gasteiger partial charge in [0.2, 0.25) is 0 Å². The lowest BCUT2D eigenvalue weighted by Gasteiger charge is -2.41. The van der Waals surface area contributed by atoms with Gasteiger partial charge in [0.05, 0.1) is 39.1 Å². The van der Waals surface area contributed by atoms with E-state index in [1.807, 2.05) is 91.0 Å². The van der Waals surface area contributed by atoms with Gasteiger partial charge in [-0.2, -0.15) is 0 Å². The van der Waals surface area contributed by atoms with Crippen LogP contribution in [0.3, 0.4) is 0 Å². The third kappa shape index (κ3) is 7.21. The Balaban J connectivity index is 1.20. The third-order valence-corrected chi connectivity index (χ3v) is 8.56. The maximum absolute atomic E-state index is 10.9. The molecule has 1 saturated heterocycles. The number of nitrogens with one attached hydrogen (secondary N) is 1. The van der Waals surface area contributed by atoms with Gasteiger partial charge in [0.25, 0.3) is 6.02 Å². The number of fused-ring (bicyclic) bond motifs is 1. The van der Waals surface area contributed by atoms with E-state index in [9.17, 15) is 20.4 Å². The molecule has 11 nitrogen and oxygen atoms in total. The molecule has 240 valence electrons. The molecular weight excluding hydrogens is 580 g/mol. The molecule has 0 amide bonds. The standard InChI is InChI=1S/C34H40N2O9/c37-21-34(40)30-29(28(38)31(34)39)45-33(35-30)36-32-26(43-19-24-14-8-3-9-15-24)16-25(42-18-23-12-6-2-7-13-23)27(44-32)20-41-17-22-10-4-1-5-11-22/h1-15,25-32,37-40H,16-21H2,(H,35,36)/t25-,26+,27+,28+,29+,30+,31-,32-,34-/m0/s1. The summed E-state index contributed by atoms with van der Waals surface area (Å²) in [7, 11) is 0. The predicted octanol–water partition coefficient (Wildman–Crippen LogP) is 1.66. The molecule has 0 unspecified atom stereocenters. The van der Waals surface area contributed by atoms with E-state index in [-0.39, 0.29) is 18.7 Å². The van der Waals surface area contributed by atoms with Crippen LogP contribution in [0, 0.1) is 0 Å². The molecule has 1 aliphatic carbocycles. The van der Waals surface area contributed by atoms with E-state index in [1.54, 1.807) is 0 Å². The average molecular weight is 621 g/mol. The highest BCUT2D eigenvalue weighted by atomic mass is 16.6. The van der Waals surface area contributed by atoms with Crippen LogP contribution in [0.1, 0.15) is 23.1 Å². The van der Waals surface area contributed by atoms with Gasteiger partial charge in [-0.15, -0.1) is 0 Å². The lowest BCUT2D eigenvalue weighted by molar-refractivity contribution is -0.219. The monoisotopic (exact) mass is 620 g/mol. The zero-order valence-electron chi connectivity index (χ0n) is 24.8. The summed E-state index contributed by atoms with van der Waals surface area (Å²) in [4.78, 5) is 4.40. The average Bonchev–Trinajstić information content (AvgIpc) is 3.58. The first-order chi connectivity index (χ1) is 21.9. The molecule has 0 bridgehead atoms. The van der Waals surface area contributed by atoms with Crippen molar-refractivity contribution in [1.29, 1.82) is 0 Å².